The van der Waals surface area contributed by atoms with Gasteiger partial charge in [-0.3, -0.25) is 9.59 Å². The molecule has 0 aliphatic rings. The van der Waals surface area contributed by atoms with Gasteiger partial charge in [-0.05, 0) is 130 Å². The van der Waals surface area contributed by atoms with Crippen molar-refractivity contribution in [3.05, 3.63) is 302 Å². The molecule has 0 aliphatic carbocycles. The van der Waals surface area contributed by atoms with Crippen LogP contribution in [0.15, 0.2) is 213 Å². The molecule has 0 unspecified atom stereocenters. The van der Waals surface area contributed by atoms with Gasteiger partial charge in [-0.25, -0.2) is 0 Å². The van der Waals surface area contributed by atoms with Gasteiger partial charge in [-0.15, -0.1) is 0 Å². The molecule has 0 amide bonds. The van der Waals surface area contributed by atoms with E-state index >= 15 is 0 Å². The lowest BCUT2D eigenvalue weighted by molar-refractivity contribution is 0.102. The standard InChI is InChI=1S/C69H62O2/c1-45-26-32-54(33-27-45)66(70)60-44-59(53-40-38-51(39-41-53)49(5)57-21-13-17-25-65(57)69(8,9)63-23-15-11-19-48(63)4)61(67(71)55-34-28-46(2)29-35-55)43-58(60)52-36-30-50(31-37-52)42-56-20-12-16-24-64(56)68(6,7)62-22-14-10-18-47(62)3/h10-41,43-44H,5,42H2,1-4,6-9H3. The van der Waals surface area contributed by atoms with E-state index in [1.54, 1.807) is 0 Å². The quantitative estimate of drug-likeness (QED) is 0.102. The molecule has 0 radical (unpaired) electrons. The third-order valence-corrected chi connectivity index (χ3v) is 14.7. The molecule has 2 nitrogen and oxygen atoms in total. The number of benzene rings is 9. The first-order valence-corrected chi connectivity index (χ1v) is 24.7. The number of hydrogen-bond acceptors (Lipinski definition) is 2. The second-order valence-electron chi connectivity index (χ2n) is 20.3. The van der Waals surface area contributed by atoms with E-state index in [-0.39, 0.29) is 22.4 Å². The van der Waals surface area contributed by atoms with Crippen molar-refractivity contribution in [1.29, 1.82) is 0 Å². The predicted molar refractivity (Wildman–Crippen MR) is 297 cm³/mol. The Balaban J connectivity index is 1.14. The normalized spacial score (nSPS) is 11.6. The van der Waals surface area contributed by atoms with Gasteiger partial charge in [0.25, 0.3) is 0 Å². The van der Waals surface area contributed by atoms with E-state index in [2.05, 4.69) is 194 Å². The Kier molecular flexibility index (Phi) is 13.4. The van der Waals surface area contributed by atoms with Crippen molar-refractivity contribution >= 4 is 17.1 Å². The Morgan fingerprint density at radius 3 is 1.25 bits per heavy atom. The molecule has 9 aromatic rings. The lowest BCUT2D eigenvalue weighted by Gasteiger charge is -2.30. The van der Waals surface area contributed by atoms with E-state index in [0.29, 0.717) is 33.4 Å². The number of rotatable bonds is 14. The van der Waals surface area contributed by atoms with Crippen LogP contribution < -0.4 is 0 Å². The number of ketones is 2. The zero-order valence-corrected chi connectivity index (χ0v) is 42.4. The van der Waals surface area contributed by atoms with Crippen LogP contribution in [-0.2, 0) is 17.3 Å². The van der Waals surface area contributed by atoms with E-state index in [4.69, 9.17) is 0 Å². The number of hydrogen-bond donors (Lipinski definition) is 0. The lowest BCUT2D eigenvalue weighted by Crippen LogP contribution is -2.22. The Morgan fingerprint density at radius 1 is 0.394 bits per heavy atom. The molecule has 0 bridgehead atoms. The van der Waals surface area contributed by atoms with Gasteiger partial charge in [0, 0.05) is 33.1 Å². The zero-order valence-electron chi connectivity index (χ0n) is 42.4. The van der Waals surface area contributed by atoms with Gasteiger partial charge in [-0.1, -0.05) is 240 Å². The SMILES string of the molecule is C=C(c1ccc(-c2cc(C(=O)c3ccc(C)cc3)c(-c3ccc(Cc4ccccc4C(C)(C)c4ccccc4C)cc3)cc2C(=O)c2ccc(C)cc2)cc1)c1ccccc1C(C)(C)c1ccccc1C. The summed E-state index contributed by atoms with van der Waals surface area (Å²) in [4.78, 5) is 29.9. The van der Waals surface area contributed by atoms with Gasteiger partial charge in [-0.2, -0.15) is 0 Å². The highest BCUT2D eigenvalue weighted by atomic mass is 16.1. The number of carbonyl (C=O) groups is 2. The van der Waals surface area contributed by atoms with Crippen LogP contribution in [0.25, 0.3) is 27.8 Å². The highest BCUT2D eigenvalue weighted by Gasteiger charge is 2.30. The minimum absolute atomic E-state index is 0.107. The molecular formula is C69H62O2. The van der Waals surface area contributed by atoms with Crippen LogP contribution >= 0.6 is 0 Å². The van der Waals surface area contributed by atoms with Crippen molar-refractivity contribution in [3.8, 4) is 22.3 Å². The van der Waals surface area contributed by atoms with Crippen LogP contribution in [0.1, 0.15) is 126 Å². The molecule has 0 saturated heterocycles. The molecular weight excluding hydrogens is 861 g/mol. The fraction of sp³-hybridized carbons (Fsp3) is 0.159. The monoisotopic (exact) mass is 922 g/mol. The van der Waals surface area contributed by atoms with Crippen molar-refractivity contribution in [1.82, 2.24) is 0 Å². The van der Waals surface area contributed by atoms with Crippen molar-refractivity contribution in [3.63, 3.8) is 0 Å². The zero-order chi connectivity index (χ0) is 50.0. The summed E-state index contributed by atoms with van der Waals surface area (Å²) in [6, 6.07) is 70.7. The Hall–Kier alpha value is -7.94. The van der Waals surface area contributed by atoms with Crippen LogP contribution in [0.4, 0.5) is 0 Å². The maximum absolute atomic E-state index is 15.0. The Bertz CT molecular complexity index is 3440. The summed E-state index contributed by atoms with van der Waals surface area (Å²) in [7, 11) is 0. The van der Waals surface area contributed by atoms with Crippen molar-refractivity contribution in [2.24, 2.45) is 0 Å². The predicted octanol–water partition coefficient (Wildman–Crippen LogP) is 17.0. The summed E-state index contributed by atoms with van der Waals surface area (Å²) in [5.74, 6) is -0.217. The molecule has 0 fully saturated rings. The molecule has 2 heteroatoms. The minimum Gasteiger partial charge on any atom is -0.289 e. The molecule has 350 valence electrons. The molecule has 0 spiro atoms. The average molecular weight is 923 g/mol. The van der Waals surface area contributed by atoms with Crippen LogP contribution in [0.5, 0.6) is 0 Å². The second-order valence-corrected chi connectivity index (χ2v) is 20.3. The second kappa shape index (κ2) is 19.8. The van der Waals surface area contributed by atoms with Gasteiger partial charge >= 0.3 is 0 Å². The maximum atomic E-state index is 15.0. The van der Waals surface area contributed by atoms with E-state index < -0.39 is 0 Å². The van der Waals surface area contributed by atoms with Gasteiger partial charge in [0.05, 0.1) is 0 Å². The Labute approximate surface area is 421 Å². The lowest BCUT2D eigenvalue weighted by atomic mass is 9.73. The molecule has 71 heavy (non-hydrogen) atoms. The maximum Gasteiger partial charge on any atom is 0.193 e. The number of aryl methyl sites for hydroxylation is 4. The summed E-state index contributed by atoms with van der Waals surface area (Å²) in [5, 5.41) is 0. The van der Waals surface area contributed by atoms with Gasteiger partial charge < -0.3 is 0 Å². The molecule has 0 saturated carbocycles. The van der Waals surface area contributed by atoms with Gasteiger partial charge in [0.2, 0.25) is 0 Å². The summed E-state index contributed by atoms with van der Waals surface area (Å²) in [5.41, 5.74) is 20.0. The largest absolute Gasteiger partial charge is 0.289 e. The fourth-order valence-corrected chi connectivity index (χ4v) is 10.6. The topological polar surface area (TPSA) is 34.1 Å². The third-order valence-electron chi connectivity index (χ3n) is 14.7. The first kappa shape index (κ1) is 48.1. The minimum atomic E-state index is -0.275. The summed E-state index contributed by atoms with van der Waals surface area (Å²) in [6.45, 7) is 22.2. The van der Waals surface area contributed by atoms with Gasteiger partial charge in [0.15, 0.2) is 11.6 Å². The summed E-state index contributed by atoms with van der Waals surface area (Å²) < 4.78 is 0. The van der Waals surface area contributed by atoms with Crippen molar-refractivity contribution < 1.29 is 9.59 Å². The molecule has 0 N–H and O–H groups in total. The van der Waals surface area contributed by atoms with E-state index in [1.165, 1.54) is 38.9 Å². The highest BCUT2D eigenvalue weighted by Crippen LogP contribution is 2.41. The van der Waals surface area contributed by atoms with Crippen molar-refractivity contribution in [2.75, 3.05) is 0 Å². The van der Waals surface area contributed by atoms with Crippen LogP contribution in [-0.4, -0.2) is 11.6 Å². The molecule has 9 aromatic carbocycles. The fourth-order valence-electron chi connectivity index (χ4n) is 10.6. The first-order chi connectivity index (χ1) is 34.1. The molecule has 0 atom stereocenters. The Morgan fingerprint density at radius 2 is 0.775 bits per heavy atom. The molecule has 0 aliphatic heterocycles. The van der Waals surface area contributed by atoms with Crippen LogP contribution in [0.3, 0.4) is 0 Å². The first-order valence-electron chi connectivity index (χ1n) is 24.7. The van der Waals surface area contributed by atoms with Crippen molar-refractivity contribution in [2.45, 2.75) is 72.6 Å². The van der Waals surface area contributed by atoms with Crippen LogP contribution in [0.2, 0.25) is 0 Å². The van der Waals surface area contributed by atoms with E-state index in [1.807, 2.05) is 74.5 Å². The third kappa shape index (κ3) is 9.68. The van der Waals surface area contributed by atoms with Crippen LogP contribution in [0, 0.1) is 27.7 Å². The highest BCUT2D eigenvalue weighted by molar-refractivity contribution is 6.18. The van der Waals surface area contributed by atoms with Gasteiger partial charge in [0.1, 0.15) is 0 Å². The molecule has 0 heterocycles. The summed E-state index contributed by atoms with van der Waals surface area (Å²) in [6.07, 6.45) is 0.746. The molecule has 0 aromatic heterocycles. The van der Waals surface area contributed by atoms with E-state index in [9.17, 15) is 9.59 Å². The summed E-state index contributed by atoms with van der Waals surface area (Å²) >= 11 is 0. The number of carbonyl (C=O) groups excluding carboxylic acids is 2. The average Bonchev–Trinajstić information content (AvgIpc) is 3.38. The van der Waals surface area contributed by atoms with E-state index in [0.717, 1.165) is 50.9 Å². The molecule has 9 rings (SSSR count). The smallest absolute Gasteiger partial charge is 0.193 e.